The smallest absolute Gasteiger partial charge is 0.338 e. The molecule has 0 bridgehead atoms. The van der Waals surface area contributed by atoms with Gasteiger partial charge in [0.05, 0.1) is 5.56 Å². The van der Waals surface area contributed by atoms with E-state index in [1.54, 1.807) is 54.0 Å². The van der Waals surface area contributed by atoms with Crippen molar-refractivity contribution < 1.29 is 9.53 Å². The standard InChI is InChI=1S/C19H19N3O2S2/c1-12-2-3-14-15(10-12)26-18-16(14)17(21-11-22-18)25-9-8-24-19(23)13-4-6-20-7-5-13/h4-7,11-12H,2-3,8-10H2,1H3. The number of nitrogens with zero attached hydrogens (tertiary/aromatic N) is 3. The lowest BCUT2D eigenvalue weighted by atomic mass is 9.89. The monoisotopic (exact) mass is 385 g/mol. The van der Waals surface area contributed by atoms with Crippen LogP contribution in [0, 0.1) is 5.92 Å². The Morgan fingerprint density at radius 1 is 1.35 bits per heavy atom. The molecule has 0 aliphatic heterocycles. The zero-order valence-electron chi connectivity index (χ0n) is 14.5. The van der Waals surface area contributed by atoms with E-state index in [-0.39, 0.29) is 5.97 Å². The molecule has 0 fully saturated rings. The zero-order chi connectivity index (χ0) is 17.9. The second kappa shape index (κ2) is 7.72. The Hall–Kier alpha value is -1.99. The average molecular weight is 386 g/mol. The van der Waals surface area contributed by atoms with E-state index in [0.29, 0.717) is 17.9 Å². The van der Waals surface area contributed by atoms with Crippen LogP contribution >= 0.6 is 23.1 Å². The van der Waals surface area contributed by atoms with E-state index in [2.05, 4.69) is 21.9 Å². The molecule has 0 aromatic carbocycles. The number of hydrogen-bond donors (Lipinski definition) is 0. The van der Waals surface area contributed by atoms with Crippen molar-refractivity contribution in [2.75, 3.05) is 12.4 Å². The van der Waals surface area contributed by atoms with Gasteiger partial charge >= 0.3 is 5.97 Å². The highest BCUT2D eigenvalue weighted by atomic mass is 32.2. The molecule has 134 valence electrons. The number of hydrogen-bond acceptors (Lipinski definition) is 7. The van der Waals surface area contributed by atoms with Gasteiger partial charge in [-0.3, -0.25) is 4.98 Å². The number of pyridine rings is 1. The van der Waals surface area contributed by atoms with Crippen LogP contribution in [0.25, 0.3) is 10.2 Å². The van der Waals surface area contributed by atoms with Crippen LogP contribution < -0.4 is 0 Å². The zero-order valence-corrected chi connectivity index (χ0v) is 16.1. The molecular weight excluding hydrogens is 366 g/mol. The van der Waals surface area contributed by atoms with Crippen LogP contribution in [0.3, 0.4) is 0 Å². The van der Waals surface area contributed by atoms with Crippen molar-refractivity contribution in [1.82, 2.24) is 15.0 Å². The first kappa shape index (κ1) is 17.4. The van der Waals surface area contributed by atoms with E-state index in [1.165, 1.54) is 22.2 Å². The van der Waals surface area contributed by atoms with Crippen LogP contribution in [0.1, 0.15) is 34.1 Å². The molecule has 0 N–H and O–H groups in total. The minimum absolute atomic E-state index is 0.317. The highest BCUT2D eigenvalue weighted by Gasteiger charge is 2.23. The molecule has 3 aromatic heterocycles. The predicted octanol–water partition coefficient (Wildman–Crippen LogP) is 4.16. The van der Waals surface area contributed by atoms with Crippen molar-refractivity contribution in [3.8, 4) is 0 Å². The number of thioether (sulfide) groups is 1. The fraction of sp³-hybridized carbons (Fsp3) is 0.368. The fourth-order valence-corrected chi connectivity index (χ4v) is 5.46. The molecule has 4 rings (SSSR count). The van der Waals surface area contributed by atoms with E-state index in [9.17, 15) is 4.79 Å². The number of carbonyl (C=O) groups excluding carboxylic acids is 1. The summed E-state index contributed by atoms with van der Waals surface area (Å²) in [5.74, 6) is 1.10. The summed E-state index contributed by atoms with van der Waals surface area (Å²) in [6.07, 6.45) is 8.28. The summed E-state index contributed by atoms with van der Waals surface area (Å²) in [5, 5.41) is 2.21. The maximum atomic E-state index is 12.0. The first-order valence-corrected chi connectivity index (χ1v) is 10.5. The van der Waals surface area contributed by atoms with E-state index in [4.69, 9.17) is 4.74 Å². The number of esters is 1. The van der Waals surface area contributed by atoms with Crippen LogP contribution in [-0.2, 0) is 17.6 Å². The molecule has 0 amide bonds. The van der Waals surface area contributed by atoms with E-state index < -0.39 is 0 Å². The van der Waals surface area contributed by atoms with Gasteiger partial charge in [0.1, 0.15) is 22.8 Å². The van der Waals surface area contributed by atoms with Gasteiger partial charge in [0, 0.05) is 28.4 Å². The summed E-state index contributed by atoms with van der Waals surface area (Å²) < 4.78 is 5.34. The minimum Gasteiger partial charge on any atom is -0.461 e. The van der Waals surface area contributed by atoms with Gasteiger partial charge in [-0.1, -0.05) is 6.92 Å². The van der Waals surface area contributed by atoms with Crippen LogP contribution in [0.4, 0.5) is 0 Å². The molecule has 7 heteroatoms. The molecule has 0 saturated carbocycles. The largest absolute Gasteiger partial charge is 0.461 e. The number of fused-ring (bicyclic) bond motifs is 3. The lowest BCUT2D eigenvalue weighted by molar-refractivity contribution is 0.0530. The lowest BCUT2D eigenvalue weighted by Gasteiger charge is -2.18. The van der Waals surface area contributed by atoms with Gasteiger partial charge in [-0.25, -0.2) is 14.8 Å². The Bertz CT molecular complexity index is 927. The molecule has 0 spiro atoms. The van der Waals surface area contributed by atoms with Crippen LogP contribution in [-0.4, -0.2) is 33.3 Å². The molecule has 5 nitrogen and oxygen atoms in total. The molecule has 1 unspecified atom stereocenters. The highest BCUT2D eigenvalue weighted by molar-refractivity contribution is 7.99. The normalized spacial score (nSPS) is 16.4. The second-order valence-corrected chi connectivity index (χ2v) is 8.60. The maximum absolute atomic E-state index is 12.0. The molecule has 0 saturated heterocycles. The quantitative estimate of drug-likeness (QED) is 0.284. The Morgan fingerprint density at radius 2 is 2.19 bits per heavy atom. The SMILES string of the molecule is CC1CCc2c(sc3ncnc(SCCOC(=O)c4ccncc4)c23)C1. The summed E-state index contributed by atoms with van der Waals surface area (Å²) in [6.45, 7) is 2.66. The summed E-state index contributed by atoms with van der Waals surface area (Å²) in [5.41, 5.74) is 1.95. The highest BCUT2D eigenvalue weighted by Crippen LogP contribution is 2.40. The fourth-order valence-electron chi connectivity index (χ4n) is 3.20. The van der Waals surface area contributed by atoms with Gasteiger partial charge in [-0.15, -0.1) is 23.1 Å². The summed E-state index contributed by atoms with van der Waals surface area (Å²) in [6, 6.07) is 3.31. The van der Waals surface area contributed by atoms with Crippen molar-refractivity contribution in [1.29, 1.82) is 0 Å². The third-order valence-electron chi connectivity index (χ3n) is 4.53. The van der Waals surface area contributed by atoms with Crippen molar-refractivity contribution in [2.45, 2.75) is 31.2 Å². The molecule has 3 heterocycles. The van der Waals surface area contributed by atoms with Crippen molar-refractivity contribution in [3.63, 3.8) is 0 Å². The molecule has 3 aromatic rings. The number of aryl methyl sites for hydroxylation is 1. The van der Waals surface area contributed by atoms with E-state index in [1.807, 2.05) is 0 Å². The molecule has 1 aliphatic rings. The van der Waals surface area contributed by atoms with Crippen molar-refractivity contribution in [3.05, 3.63) is 46.9 Å². The Balaban J connectivity index is 1.42. The Kier molecular flexibility index (Phi) is 5.17. The van der Waals surface area contributed by atoms with Gasteiger partial charge in [-0.2, -0.15) is 0 Å². The van der Waals surface area contributed by atoms with Gasteiger partial charge in [0.25, 0.3) is 0 Å². The van der Waals surface area contributed by atoms with Crippen LogP contribution in [0.15, 0.2) is 35.9 Å². The van der Waals surface area contributed by atoms with E-state index in [0.717, 1.165) is 28.6 Å². The number of ether oxygens (including phenoxy) is 1. The van der Waals surface area contributed by atoms with Gasteiger partial charge in [0.15, 0.2) is 0 Å². The summed E-state index contributed by atoms with van der Waals surface area (Å²) in [7, 11) is 0. The summed E-state index contributed by atoms with van der Waals surface area (Å²) >= 11 is 3.43. The molecule has 1 atom stereocenters. The maximum Gasteiger partial charge on any atom is 0.338 e. The number of carbonyl (C=O) groups is 1. The topological polar surface area (TPSA) is 65.0 Å². The first-order valence-electron chi connectivity index (χ1n) is 8.67. The number of rotatable bonds is 5. The number of thiophene rings is 1. The molecular formula is C19H19N3O2S2. The van der Waals surface area contributed by atoms with Crippen LogP contribution in [0.2, 0.25) is 0 Å². The first-order chi connectivity index (χ1) is 12.7. The predicted molar refractivity (Wildman–Crippen MR) is 104 cm³/mol. The van der Waals surface area contributed by atoms with Crippen molar-refractivity contribution in [2.24, 2.45) is 5.92 Å². The minimum atomic E-state index is -0.317. The molecule has 0 radical (unpaired) electrons. The van der Waals surface area contributed by atoms with E-state index >= 15 is 0 Å². The Labute approximate surface area is 160 Å². The van der Waals surface area contributed by atoms with Gasteiger partial charge in [-0.05, 0) is 42.9 Å². The average Bonchev–Trinajstić information content (AvgIpc) is 3.03. The van der Waals surface area contributed by atoms with Gasteiger partial charge < -0.3 is 4.74 Å². The lowest BCUT2D eigenvalue weighted by Crippen LogP contribution is -2.09. The summed E-state index contributed by atoms with van der Waals surface area (Å²) in [4.78, 5) is 27.4. The van der Waals surface area contributed by atoms with Gasteiger partial charge in [0.2, 0.25) is 0 Å². The van der Waals surface area contributed by atoms with Crippen molar-refractivity contribution >= 4 is 39.3 Å². The Morgan fingerprint density at radius 3 is 3.04 bits per heavy atom. The van der Waals surface area contributed by atoms with Crippen LogP contribution in [0.5, 0.6) is 0 Å². The number of aromatic nitrogens is 3. The third-order valence-corrected chi connectivity index (χ3v) is 6.64. The molecule has 1 aliphatic carbocycles. The molecule has 26 heavy (non-hydrogen) atoms. The third kappa shape index (κ3) is 3.59. The second-order valence-electron chi connectivity index (χ2n) is 6.43.